The highest BCUT2D eigenvalue weighted by Gasteiger charge is 2.22. The SMILES string of the molecule is CC.COC(=O)CC1CCN(c2ccc(-c3snc(C)c3NC(=O)OCc3ccccc3)cc2)CC1. The molecule has 2 aromatic carbocycles. The second-order valence-corrected chi connectivity index (χ2v) is 9.19. The average Bonchev–Trinajstić information content (AvgIpc) is 3.29. The van der Waals surface area contributed by atoms with Crippen molar-refractivity contribution in [3.63, 3.8) is 0 Å². The number of ether oxygens (including phenoxy) is 2. The molecule has 0 bridgehead atoms. The van der Waals surface area contributed by atoms with Gasteiger partial charge in [-0.2, -0.15) is 4.37 Å². The van der Waals surface area contributed by atoms with Gasteiger partial charge in [0.2, 0.25) is 0 Å². The lowest BCUT2D eigenvalue weighted by Gasteiger charge is -2.33. The Hall–Kier alpha value is -3.39. The molecular formula is C28H35N3O4S. The molecule has 0 atom stereocenters. The van der Waals surface area contributed by atoms with Crippen LogP contribution in [0.5, 0.6) is 0 Å². The molecule has 1 aliphatic heterocycles. The van der Waals surface area contributed by atoms with E-state index in [0.29, 0.717) is 18.0 Å². The highest BCUT2D eigenvalue weighted by molar-refractivity contribution is 7.10. The Morgan fingerprint density at radius 1 is 1.06 bits per heavy atom. The number of anilines is 2. The molecule has 1 aromatic heterocycles. The number of benzene rings is 2. The largest absolute Gasteiger partial charge is 0.469 e. The smallest absolute Gasteiger partial charge is 0.412 e. The third-order valence-corrected chi connectivity index (χ3v) is 7.08. The Labute approximate surface area is 217 Å². The third-order valence-electron chi connectivity index (χ3n) is 6.09. The minimum Gasteiger partial charge on any atom is -0.469 e. The molecule has 192 valence electrons. The van der Waals surface area contributed by atoms with Crippen LogP contribution in [0.25, 0.3) is 10.4 Å². The van der Waals surface area contributed by atoms with Crippen LogP contribution in [0.2, 0.25) is 0 Å². The molecule has 1 saturated heterocycles. The van der Waals surface area contributed by atoms with Gasteiger partial charge in [-0.1, -0.05) is 56.3 Å². The fourth-order valence-electron chi connectivity index (χ4n) is 4.11. The third kappa shape index (κ3) is 7.31. The lowest BCUT2D eigenvalue weighted by Crippen LogP contribution is -2.34. The Morgan fingerprint density at radius 2 is 1.72 bits per heavy atom. The van der Waals surface area contributed by atoms with Gasteiger partial charge >= 0.3 is 12.1 Å². The van der Waals surface area contributed by atoms with Crippen molar-refractivity contribution in [3.8, 4) is 10.4 Å². The summed E-state index contributed by atoms with van der Waals surface area (Å²) in [5.41, 5.74) is 4.52. The second kappa shape index (κ2) is 13.6. The summed E-state index contributed by atoms with van der Waals surface area (Å²) < 4.78 is 14.6. The molecule has 1 aliphatic rings. The number of rotatable bonds is 7. The highest BCUT2D eigenvalue weighted by Crippen LogP contribution is 2.36. The quantitative estimate of drug-likeness (QED) is 0.358. The predicted molar refractivity (Wildman–Crippen MR) is 145 cm³/mol. The zero-order chi connectivity index (χ0) is 25.9. The van der Waals surface area contributed by atoms with Crippen molar-refractivity contribution in [2.75, 3.05) is 30.4 Å². The minimum atomic E-state index is -0.500. The van der Waals surface area contributed by atoms with Crippen LogP contribution in [0, 0.1) is 12.8 Å². The fourth-order valence-corrected chi connectivity index (χ4v) is 4.96. The number of amides is 1. The van der Waals surface area contributed by atoms with Gasteiger partial charge in [-0.3, -0.25) is 10.1 Å². The van der Waals surface area contributed by atoms with Crippen molar-refractivity contribution in [2.24, 2.45) is 5.92 Å². The number of nitrogens with one attached hydrogen (secondary N) is 1. The van der Waals surface area contributed by atoms with E-state index in [9.17, 15) is 9.59 Å². The molecule has 1 fully saturated rings. The van der Waals surface area contributed by atoms with Crippen molar-refractivity contribution in [2.45, 2.75) is 46.6 Å². The van der Waals surface area contributed by atoms with Crippen LogP contribution in [-0.4, -0.2) is 36.6 Å². The Balaban J connectivity index is 0.00000176. The molecule has 36 heavy (non-hydrogen) atoms. The number of carbonyl (C=O) groups is 2. The van der Waals surface area contributed by atoms with E-state index in [4.69, 9.17) is 9.47 Å². The summed E-state index contributed by atoms with van der Waals surface area (Å²) in [6.45, 7) is 7.92. The fraction of sp³-hybridized carbons (Fsp3) is 0.393. The molecular weight excluding hydrogens is 474 g/mol. The van der Waals surface area contributed by atoms with Gasteiger partial charge in [0.05, 0.1) is 23.4 Å². The van der Waals surface area contributed by atoms with Crippen molar-refractivity contribution in [1.29, 1.82) is 0 Å². The minimum absolute atomic E-state index is 0.129. The van der Waals surface area contributed by atoms with Gasteiger partial charge in [0, 0.05) is 25.2 Å². The first-order chi connectivity index (χ1) is 17.5. The highest BCUT2D eigenvalue weighted by atomic mass is 32.1. The number of hydrogen-bond donors (Lipinski definition) is 1. The zero-order valence-corrected chi connectivity index (χ0v) is 22.3. The lowest BCUT2D eigenvalue weighted by molar-refractivity contribution is -0.141. The molecule has 2 heterocycles. The maximum atomic E-state index is 12.4. The van der Waals surface area contributed by atoms with Gasteiger partial charge in [-0.15, -0.1) is 0 Å². The van der Waals surface area contributed by atoms with Crippen LogP contribution in [0.15, 0.2) is 54.6 Å². The molecule has 4 rings (SSSR count). The summed E-state index contributed by atoms with van der Waals surface area (Å²) >= 11 is 1.36. The summed E-state index contributed by atoms with van der Waals surface area (Å²) in [7, 11) is 1.44. The second-order valence-electron chi connectivity index (χ2n) is 8.42. The van der Waals surface area contributed by atoms with E-state index < -0.39 is 6.09 Å². The van der Waals surface area contributed by atoms with Crippen molar-refractivity contribution < 1.29 is 19.1 Å². The molecule has 0 spiro atoms. The van der Waals surface area contributed by atoms with Gasteiger partial charge in [-0.25, -0.2) is 4.79 Å². The Morgan fingerprint density at radius 3 is 2.36 bits per heavy atom. The Bertz CT molecular complexity index is 1110. The van der Waals surface area contributed by atoms with Crippen LogP contribution >= 0.6 is 11.5 Å². The number of aromatic nitrogens is 1. The van der Waals surface area contributed by atoms with Crippen LogP contribution in [0.1, 0.15) is 44.4 Å². The molecule has 0 aliphatic carbocycles. The first kappa shape index (κ1) is 27.2. The van der Waals surface area contributed by atoms with E-state index in [1.165, 1.54) is 18.6 Å². The van der Waals surface area contributed by atoms with Crippen LogP contribution in [0.4, 0.5) is 16.2 Å². The van der Waals surface area contributed by atoms with Crippen molar-refractivity contribution in [3.05, 3.63) is 65.9 Å². The summed E-state index contributed by atoms with van der Waals surface area (Å²) in [5.74, 6) is 0.259. The monoisotopic (exact) mass is 509 g/mol. The lowest BCUT2D eigenvalue weighted by atomic mass is 9.93. The standard InChI is InChI=1S/C26H29N3O4S.C2H6/c1-18-24(27-26(31)33-17-20-6-4-3-5-7-20)25(34-28-18)21-8-10-22(11-9-21)29-14-12-19(13-15-29)16-23(30)32-2;1-2/h3-11,19H,12-17H2,1-2H3,(H,27,31);1-2H3. The van der Waals surface area contributed by atoms with Crippen LogP contribution < -0.4 is 10.2 Å². The van der Waals surface area contributed by atoms with Crippen LogP contribution in [0.3, 0.4) is 0 Å². The van der Waals surface area contributed by atoms with Crippen LogP contribution in [-0.2, 0) is 20.9 Å². The molecule has 1 N–H and O–H groups in total. The summed E-state index contributed by atoms with van der Waals surface area (Å²) in [4.78, 5) is 27.2. The molecule has 0 unspecified atom stereocenters. The molecule has 1 amide bonds. The van der Waals surface area contributed by atoms with Gasteiger partial charge in [0.15, 0.2) is 0 Å². The van der Waals surface area contributed by atoms with Gasteiger partial charge in [0.25, 0.3) is 0 Å². The van der Waals surface area contributed by atoms with Gasteiger partial charge < -0.3 is 14.4 Å². The van der Waals surface area contributed by atoms with E-state index in [1.54, 1.807) is 0 Å². The van der Waals surface area contributed by atoms with Crippen molar-refractivity contribution in [1.82, 2.24) is 4.37 Å². The predicted octanol–water partition coefficient (Wildman–Crippen LogP) is 6.67. The molecule has 7 nitrogen and oxygen atoms in total. The topological polar surface area (TPSA) is 80.8 Å². The molecule has 8 heteroatoms. The van der Waals surface area contributed by atoms with Gasteiger partial charge in [-0.05, 0) is 60.5 Å². The van der Waals surface area contributed by atoms with E-state index in [2.05, 4.69) is 38.9 Å². The number of hydrogen-bond acceptors (Lipinski definition) is 7. The normalized spacial score (nSPS) is 13.4. The Kier molecular flexibility index (Phi) is 10.3. The number of esters is 1. The number of methoxy groups -OCH3 is 1. The van der Waals surface area contributed by atoms with E-state index in [1.807, 2.05) is 51.1 Å². The summed E-state index contributed by atoms with van der Waals surface area (Å²) in [5, 5.41) is 2.87. The first-order valence-corrected chi connectivity index (χ1v) is 13.2. The number of nitrogens with zero attached hydrogens (tertiary/aromatic N) is 2. The van der Waals surface area contributed by atoms with E-state index >= 15 is 0 Å². The maximum absolute atomic E-state index is 12.4. The number of aryl methyl sites for hydroxylation is 1. The maximum Gasteiger partial charge on any atom is 0.412 e. The molecule has 0 saturated carbocycles. The first-order valence-electron chi connectivity index (χ1n) is 12.4. The van der Waals surface area contributed by atoms with E-state index in [0.717, 1.165) is 53.3 Å². The van der Waals surface area contributed by atoms with Gasteiger partial charge in [0.1, 0.15) is 6.61 Å². The van der Waals surface area contributed by atoms with Crippen molar-refractivity contribution >= 4 is 35.0 Å². The summed E-state index contributed by atoms with van der Waals surface area (Å²) in [6, 6.07) is 17.9. The molecule has 3 aromatic rings. The average molecular weight is 510 g/mol. The van der Waals surface area contributed by atoms with E-state index in [-0.39, 0.29) is 12.6 Å². The number of carbonyl (C=O) groups excluding carboxylic acids is 2. The zero-order valence-electron chi connectivity index (χ0n) is 21.5. The summed E-state index contributed by atoms with van der Waals surface area (Å²) in [6.07, 6.45) is 1.95. The number of piperidine rings is 1. The molecule has 0 radical (unpaired) electrons.